The highest BCUT2D eigenvalue weighted by Gasteiger charge is 2.63. The Labute approximate surface area is 163 Å². The van der Waals surface area contributed by atoms with Crippen LogP contribution in [0, 0.1) is 25.7 Å². The molecule has 5 heterocycles. The summed E-state index contributed by atoms with van der Waals surface area (Å²) in [4.78, 5) is 27.1. The van der Waals surface area contributed by atoms with Crippen LogP contribution in [0.4, 0.5) is 0 Å². The van der Waals surface area contributed by atoms with Crippen molar-refractivity contribution in [2.75, 3.05) is 19.6 Å². The molecule has 0 aromatic carbocycles. The topological polar surface area (TPSA) is 84.9 Å². The Morgan fingerprint density at radius 3 is 2.93 bits per heavy atom. The highest BCUT2D eigenvalue weighted by Crippen LogP contribution is 2.54. The molecule has 3 fully saturated rings. The van der Waals surface area contributed by atoms with Crippen molar-refractivity contribution in [3.63, 3.8) is 0 Å². The number of rotatable bonds is 4. The average Bonchev–Trinajstić information content (AvgIpc) is 3.45. The Morgan fingerprint density at radius 1 is 1.36 bits per heavy atom. The zero-order chi connectivity index (χ0) is 19.5. The predicted molar refractivity (Wildman–Crippen MR) is 98.9 cm³/mol. The van der Waals surface area contributed by atoms with E-state index in [4.69, 9.17) is 13.6 Å². The van der Waals surface area contributed by atoms with Crippen molar-refractivity contribution in [1.82, 2.24) is 10.2 Å². The molecule has 148 valence electrons. The molecule has 2 bridgehead atoms. The summed E-state index contributed by atoms with van der Waals surface area (Å²) in [5.41, 5.74) is 0.308. The van der Waals surface area contributed by atoms with Crippen LogP contribution in [-0.2, 0) is 4.74 Å². The van der Waals surface area contributed by atoms with Crippen LogP contribution in [0.1, 0.15) is 45.3 Å². The Bertz CT molecular complexity index is 917. The highest BCUT2D eigenvalue weighted by molar-refractivity contribution is 5.95. The number of carbonyl (C=O) groups excluding carboxylic acids is 2. The van der Waals surface area contributed by atoms with Crippen LogP contribution in [0.2, 0.25) is 0 Å². The second-order valence-electron chi connectivity index (χ2n) is 8.23. The van der Waals surface area contributed by atoms with E-state index in [2.05, 4.69) is 5.32 Å². The molecule has 28 heavy (non-hydrogen) atoms. The van der Waals surface area contributed by atoms with Crippen molar-refractivity contribution in [3.8, 4) is 0 Å². The third-order valence-electron chi connectivity index (χ3n) is 6.59. The number of amides is 2. The Kier molecular flexibility index (Phi) is 3.91. The molecular weight excluding hydrogens is 360 g/mol. The standard InChI is InChI=1S/C21H24N2O5/c1-12-8-14(13(2)27-12)19(24)22-9-15-16-10-23(20(25)18-4-3-7-26-18)11-21(16)6-5-17(15)28-21/h3-4,7-8,15-17H,5-6,9-11H2,1-2H3,(H,22,24)/t15-,16+,17+,21+/m0/s1. The van der Waals surface area contributed by atoms with Crippen molar-refractivity contribution in [1.29, 1.82) is 0 Å². The number of furan rings is 2. The zero-order valence-corrected chi connectivity index (χ0v) is 16.1. The van der Waals surface area contributed by atoms with E-state index in [0.717, 1.165) is 18.6 Å². The van der Waals surface area contributed by atoms with Crippen LogP contribution in [0.25, 0.3) is 0 Å². The number of hydrogen-bond acceptors (Lipinski definition) is 5. The summed E-state index contributed by atoms with van der Waals surface area (Å²) in [6.45, 7) is 5.41. The van der Waals surface area contributed by atoms with Gasteiger partial charge >= 0.3 is 0 Å². The smallest absolute Gasteiger partial charge is 0.289 e. The lowest BCUT2D eigenvalue weighted by Gasteiger charge is -2.29. The van der Waals surface area contributed by atoms with Gasteiger partial charge in [-0.3, -0.25) is 9.59 Å². The first-order valence-corrected chi connectivity index (χ1v) is 9.83. The second kappa shape index (κ2) is 6.24. The van der Waals surface area contributed by atoms with Crippen LogP contribution in [0.3, 0.4) is 0 Å². The molecule has 4 atom stereocenters. The molecule has 3 aliphatic rings. The van der Waals surface area contributed by atoms with E-state index in [0.29, 0.717) is 36.7 Å². The molecule has 0 saturated carbocycles. The van der Waals surface area contributed by atoms with Crippen LogP contribution in [0.15, 0.2) is 33.3 Å². The maximum Gasteiger partial charge on any atom is 0.289 e. The molecule has 1 N–H and O–H groups in total. The number of likely N-dealkylation sites (tertiary alicyclic amines) is 1. The maximum absolute atomic E-state index is 12.7. The monoisotopic (exact) mass is 384 g/mol. The van der Waals surface area contributed by atoms with Gasteiger partial charge in [0.25, 0.3) is 11.8 Å². The average molecular weight is 384 g/mol. The largest absolute Gasteiger partial charge is 0.466 e. The fourth-order valence-corrected chi connectivity index (χ4v) is 5.34. The van der Waals surface area contributed by atoms with Gasteiger partial charge in [0, 0.05) is 24.9 Å². The van der Waals surface area contributed by atoms with Crippen molar-refractivity contribution < 1.29 is 23.2 Å². The Balaban J connectivity index is 1.28. The minimum absolute atomic E-state index is 0.0897. The normalized spacial score (nSPS) is 30.6. The maximum atomic E-state index is 12.7. The van der Waals surface area contributed by atoms with Gasteiger partial charge in [0.05, 0.1) is 30.1 Å². The number of aryl methyl sites for hydroxylation is 2. The van der Waals surface area contributed by atoms with E-state index < -0.39 is 0 Å². The fourth-order valence-electron chi connectivity index (χ4n) is 5.34. The van der Waals surface area contributed by atoms with E-state index in [-0.39, 0.29) is 35.4 Å². The number of fused-ring (bicyclic) bond motifs is 1. The van der Waals surface area contributed by atoms with Crippen LogP contribution < -0.4 is 5.32 Å². The SMILES string of the molecule is Cc1cc(C(=O)NC[C@H]2[C@H]3CN(C(=O)c4ccco4)C[C@]34CC[C@H]2O4)c(C)o1. The van der Waals surface area contributed by atoms with Crippen molar-refractivity contribution in [2.24, 2.45) is 11.8 Å². The molecule has 1 spiro atoms. The van der Waals surface area contributed by atoms with Crippen molar-refractivity contribution in [2.45, 2.75) is 38.4 Å². The summed E-state index contributed by atoms with van der Waals surface area (Å²) >= 11 is 0. The Morgan fingerprint density at radius 2 is 2.21 bits per heavy atom. The summed E-state index contributed by atoms with van der Waals surface area (Å²) in [6, 6.07) is 5.19. The van der Waals surface area contributed by atoms with Gasteiger partial charge in [-0.05, 0) is 44.9 Å². The van der Waals surface area contributed by atoms with Gasteiger partial charge in [-0.2, -0.15) is 0 Å². The number of ether oxygens (including phenoxy) is 1. The molecule has 0 radical (unpaired) electrons. The number of carbonyl (C=O) groups is 2. The highest BCUT2D eigenvalue weighted by atomic mass is 16.5. The van der Waals surface area contributed by atoms with Crippen molar-refractivity contribution in [3.05, 3.63) is 47.3 Å². The second-order valence-corrected chi connectivity index (χ2v) is 8.23. The molecule has 3 saturated heterocycles. The van der Waals surface area contributed by atoms with Crippen LogP contribution in [-0.4, -0.2) is 48.1 Å². The molecule has 2 aromatic rings. The van der Waals surface area contributed by atoms with Gasteiger partial charge in [0.2, 0.25) is 0 Å². The van der Waals surface area contributed by atoms with Gasteiger partial charge in [-0.15, -0.1) is 0 Å². The first kappa shape index (κ1) is 17.6. The fraction of sp³-hybridized carbons (Fsp3) is 0.524. The van der Waals surface area contributed by atoms with E-state index in [1.165, 1.54) is 6.26 Å². The lowest BCUT2D eigenvalue weighted by Crippen LogP contribution is -2.41. The van der Waals surface area contributed by atoms with E-state index in [1.54, 1.807) is 25.1 Å². The predicted octanol–water partition coefficient (Wildman–Crippen LogP) is 2.54. The van der Waals surface area contributed by atoms with Crippen LogP contribution in [0.5, 0.6) is 0 Å². The van der Waals surface area contributed by atoms with Gasteiger partial charge < -0.3 is 23.8 Å². The minimum Gasteiger partial charge on any atom is -0.466 e. The molecule has 2 aromatic heterocycles. The molecule has 7 heteroatoms. The molecule has 2 amide bonds. The summed E-state index contributed by atoms with van der Waals surface area (Å²) in [5, 5.41) is 3.06. The first-order valence-electron chi connectivity index (χ1n) is 9.83. The van der Waals surface area contributed by atoms with Crippen molar-refractivity contribution >= 4 is 11.8 Å². The molecule has 5 rings (SSSR count). The van der Waals surface area contributed by atoms with E-state index >= 15 is 0 Å². The number of nitrogens with one attached hydrogen (secondary N) is 1. The Hall–Kier alpha value is -2.54. The zero-order valence-electron chi connectivity index (χ0n) is 16.1. The van der Waals surface area contributed by atoms with E-state index in [9.17, 15) is 9.59 Å². The summed E-state index contributed by atoms with van der Waals surface area (Å²) in [7, 11) is 0. The lowest BCUT2D eigenvalue weighted by molar-refractivity contribution is 0.00286. The van der Waals surface area contributed by atoms with Gasteiger partial charge in [0.1, 0.15) is 11.5 Å². The molecule has 0 aliphatic carbocycles. The van der Waals surface area contributed by atoms with E-state index in [1.807, 2.05) is 11.8 Å². The molecular formula is C21H24N2O5. The molecule has 0 unspecified atom stereocenters. The third-order valence-corrected chi connectivity index (χ3v) is 6.59. The number of nitrogens with zero attached hydrogens (tertiary/aromatic N) is 1. The number of hydrogen-bond donors (Lipinski definition) is 1. The van der Waals surface area contributed by atoms with Gasteiger partial charge in [-0.25, -0.2) is 0 Å². The van der Waals surface area contributed by atoms with Gasteiger partial charge in [0.15, 0.2) is 5.76 Å². The minimum atomic E-state index is -0.273. The first-order chi connectivity index (χ1) is 13.5. The molecule has 7 nitrogen and oxygen atoms in total. The summed E-state index contributed by atoms with van der Waals surface area (Å²) in [5.74, 6) is 1.96. The van der Waals surface area contributed by atoms with Gasteiger partial charge in [-0.1, -0.05) is 0 Å². The quantitative estimate of drug-likeness (QED) is 0.876. The van der Waals surface area contributed by atoms with Crippen LogP contribution >= 0.6 is 0 Å². The summed E-state index contributed by atoms with van der Waals surface area (Å²) in [6.07, 6.45) is 3.61. The third kappa shape index (κ3) is 2.60. The molecule has 3 aliphatic heterocycles. The lowest BCUT2D eigenvalue weighted by atomic mass is 9.73. The summed E-state index contributed by atoms with van der Waals surface area (Å²) < 4.78 is 17.1.